The minimum Gasteiger partial charge on any atom is -0.489 e. The monoisotopic (exact) mass is 396 g/mol. The van der Waals surface area contributed by atoms with Crippen LogP contribution in [0, 0.1) is 0 Å². The zero-order valence-electron chi connectivity index (χ0n) is 16.0. The lowest BCUT2D eigenvalue weighted by Crippen LogP contribution is -2.34. The van der Waals surface area contributed by atoms with Crippen LogP contribution in [0.4, 0.5) is 0 Å². The molecule has 1 aromatic carbocycles. The Labute approximate surface area is 169 Å². The number of amides is 1. The van der Waals surface area contributed by atoms with Gasteiger partial charge in [-0.15, -0.1) is 11.3 Å². The van der Waals surface area contributed by atoms with Crippen molar-refractivity contribution in [2.45, 2.75) is 26.1 Å². The molecule has 3 aromatic rings. The van der Waals surface area contributed by atoms with Crippen molar-refractivity contribution < 1.29 is 9.53 Å². The van der Waals surface area contributed by atoms with E-state index in [0.29, 0.717) is 12.2 Å². The summed E-state index contributed by atoms with van der Waals surface area (Å²) >= 11 is 1.61. The number of rotatable bonds is 9. The Kier molecular flexibility index (Phi) is 7.11. The van der Waals surface area contributed by atoms with E-state index in [1.807, 2.05) is 30.6 Å². The van der Waals surface area contributed by atoms with Gasteiger partial charge in [0, 0.05) is 24.7 Å². The van der Waals surface area contributed by atoms with Crippen molar-refractivity contribution in [3.63, 3.8) is 0 Å². The number of pyridine rings is 1. The second-order valence-corrected chi connectivity index (χ2v) is 7.37. The molecule has 0 saturated heterocycles. The van der Waals surface area contributed by atoms with Gasteiger partial charge in [-0.2, -0.15) is 0 Å². The zero-order chi connectivity index (χ0) is 19.8. The highest BCUT2D eigenvalue weighted by molar-refractivity contribution is 7.07. The molecule has 0 saturated carbocycles. The first kappa shape index (κ1) is 20.0. The van der Waals surface area contributed by atoms with Crippen LogP contribution in [0.5, 0.6) is 5.75 Å². The number of benzene rings is 1. The highest BCUT2D eigenvalue weighted by Gasteiger charge is 2.10. The minimum absolute atomic E-state index is 0.157. The van der Waals surface area contributed by atoms with Crippen molar-refractivity contribution in [1.82, 2.24) is 20.2 Å². The molecule has 1 N–H and O–H groups in total. The van der Waals surface area contributed by atoms with Crippen LogP contribution < -0.4 is 10.1 Å². The smallest absolute Gasteiger partial charge is 0.270 e. The van der Waals surface area contributed by atoms with Crippen LogP contribution in [0.25, 0.3) is 0 Å². The third-order valence-corrected chi connectivity index (χ3v) is 4.69. The molecule has 28 heavy (non-hydrogen) atoms. The van der Waals surface area contributed by atoms with E-state index in [0.717, 1.165) is 24.5 Å². The molecule has 3 rings (SSSR count). The van der Waals surface area contributed by atoms with E-state index in [9.17, 15) is 4.79 Å². The number of ether oxygens (including phenoxy) is 1. The number of hydrogen-bond acceptors (Lipinski definition) is 6. The van der Waals surface area contributed by atoms with E-state index in [4.69, 9.17) is 4.74 Å². The van der Waals surface area contributed by atoms with Gasteiger partial charge < -0.3 is 10.1 Å². The molecule has 2 aromatic heterocycles. The maximum atomic E-state index is 12.1. The molecule has 0 radical (unpaired) electrons. The third kappa shape index (κ3) is 6.14. The fourth-order valence-corrected chi connectivity index (χ4v) is 3.32. The molecule has 0 bridgehead atoms. The molecule has 0 aliphatic heterocycles. The molecule has 2 heterocycles. The summed E-state index contributed by atoms with van der Waals surface area (Å²) in [4.78, 5) is 22.7. The first-order valence-electron chi connectivity index (χ1n) is 9.10. The highest BCUT2D eigenvalue weighted by atomic mass is 32.1. The topological polar surface area (TPSA) is 67.3 Å². The average Bonchev–Trinajstić information content (AvgIpc) is 3.20. The van der Waals surface area contributed by atoms with Crippen LogP contribution in [0.3, 0.4) is 0 Å². The van der Waals surface area contributed by atoms with Crippen molar-refractivity contribution in [2.24, 2.45) is 0 Å². The second-order valence-electron chi connectivity index (χ2n) is 6.65. The zero-order valence-corrected chi connectivity index (χ0v) is 16.9. The van der Waals surface area contributed by atoms with Crippen LogP contribution in [0.2, 0.25) is 0 Å². The summed E-state index contributed by atoms with van der Waals surface area (Å²) < 4.78 is 5.96. The van der Waals surface area contributed by atoms with Gasteiger partial charge in [0.1, 0.15) is 17.5 Å². The number of thiazole rings is 1. The quantitative estimate of drug-likeness (QED) is 0.601. The molecular formula is C21H24N4O2S. The highest BCUT2D eigenvalue weighted by Crippen LogP contribution is 2.17. The van der Waals surface area contributed by atoms with Crippen molar-refractivity contribution >= 4 is 17.2 Å². The summed E-state index contributed by atoms with van der Waals surface area (Å²) in [5, 5.41) is 4.92. The molecule has 0 aliphatic carbocycles. The lowest BCUT2D eigenvalue weighted by molar-refractivity contribution is 0.0927. The maximum Gasteiger partial charge on any atom is 0.270 e. The predicted molar refractivity (Wildman–Crippen MR) is 110 cm³/mol. The van der Waals surface area contributed by atoms with Gasteiger partial charge in [-0.3, -0.25) is 14.7 Å². The second kappa shape index (κ2) is 9.96. The molecule has 0 spiro atoms. The summed E-state index contributed by atoms with van der Waals surface area (Å²) in [6.45, 7) is 3.95. The van der Waals surface area contributed by atoms with Gasteiger partial charge in [0.05, 0.1) is 17.7 Å². The summed E-state index contributed by atoms with van der Waals surface area (Å²) in [6.07, 6.45) is 1.45. The van der Waals surface area contributed by atoms with Crippen LogP contribution in [0.15, 0.2) is 59.6 Å². The normalized spacial score (nSPS) is 12.0. The Bertz CT molecular complexity index is 871. The summed E-state index contributed by atoms with van der Waals surface area (Å²) in [6, 6.07) is 13.3. The summed E-state index contributed by atoms with van der Waals surface area (Å²) in [7, 11) is 2.07. The Morgan fingerprint density at radius 2 is 2.11 bits per heavy atom. The molecule has 1 atom stereocenters. The van der Waals surface area contributed by atoms with Gasteiger partial charge >= 0.3 is 0 Å². The largest absolute Gasteiger partial charge is 0.489 e. The van der Waals surface area contributed by atoms with Crippen LogP contribution in [-0.4, -0.2) is 40.5 Å². The lowest BCUT2D eigenvalue weighted by Gasteiger charge is -2.18. The van der Waals surface area contributed by atoms with Gasteiger partial charge in [-0.05, 0) is 43.8 Å². The van der Waals surface area contributed by atoms with Crippen LogP contribution >= 0.6 is 11.3 Å². The number of aromatic nitrogens is 2. The summed E-state index contributed by atoms with van der Waals surface area (Å²) in [5.41, 5.74) is 4.50. The number of nitrogens with one attached hydrogen (secondary N) is 1. The van der Waals surface area contributed by atoms with Gasteiger partial charge in [0.2, 0.25) is 0 Å². The molecule has 7 heteroatoms. The Morgan fingerprint density at radius 3 is 2.86 bits per heavy atom. The Balaban J connectivity index is 1.48. The van der Waals surface area contributed by atoms with E-state index in [-0.39, 0.29) is 12.0 Å². The van der Waals surface area contributed by atoms with E-state index >= 15 is 0 Å². The van der Waals surface area contributed by atoms with Gasteiger partial charge in [-0.25, -0.2) is 4.98 Å². The van der Waals surface area contributed by atoms with Crippen molar-refractivity contribution in [3.8, 4) is 5.75 Å². The van der Waals surface area contributed by atoms with Gasteiger partial charge in [0.25, 0.3) is 5.91 Å². The number of nitrogens with zero attached hydrogens (tertiary/aromatic N) is 3. The SMILES string of the molecule is C[C@@H](CNC(=O)c1ccccn1)Oc1cccc(CN(C)Cc2cscn2)c1. The number of carbonyl (C=O) groups is 1. The van der Waals surface area contributed by atoms with Crippen LogP contribution in [-0.2, 0) is 13.1 Å². The van der Waals surface area contributed by atoms with Crippen molar-refractivity contribution in [1.29, 1.82) is 0 Å². The number of carbonyl (C=O) groups excluding carboxylic acids is 1. The fraction of sp³-hybridized carbons (Fsp3) is 0.286. The van der Waals surface area contributed by atoms with E-state index < -0.39 is 0 Å². The van der Waals surface area contributed by atoms with E-state index in [2.05, 4.69) is 38.7 Å². The average molecular weight is 397 g/mol. The Hall–Kier alpha value is -2.77. The van der Waals surface area contributed by atoms with Gasteiger partial charge in [-0.1, -0.05) is 18.2 Å². The van der Waals surface area contributed by atoms with Gasteiger partial charge in [0.15, 0.2) is 0 Å². The lowest BCUT2D eigenvalue weighted by atomic mass is 10.2. The molecule has 0 fully saturated rings. The van der Waals surface area contributed by atoms with E-state index in [1.54, 1.807) is 35.7 Å². The first-order chi connectivity index (χ1) is 13.6. The number of hydrogen-bond donors (Lipinski definition) is 1. The molecule has 0 aliphatic rings. The predicted octanol–water partition coefficient (Wildman–Crippen LogP) is 3.37. The molecule has 146 valence electrons. The molecule has 6 nitrogen and oxygen atoms in total. The molecule has 0 unspecified atom stereocenters. The standard InChI is InChI=1S/C21H24N4O2S/c1-16(11-23-21(26)20-8-3-4-9-22-20)27-19-7-5-6-17(10-19)12-25(2)13-18-14-28-15-24-18/h3-10,14-16H,11-13H2,1-2H3,(H,23,26)/t16-/m0/s1. The Morgan fingerprint density at radius 1 is 1.21 bits per heavy atom. The maximum absolute atomic E-state index is 12.1. The third-order valence-electron chi connectivity index (χ3n) is 4.05. The van der Waals surface area contributed by atoms with Crippen molar-refractivity contribution in [3.05, 3.63) is 76.5 Å². The van der Waals surface area contributed by atoms with Crippen LogP contribution in [0.1, 0.15) is 28.7 Å². The van der Waals surface area contributed by atoms with Crippen molar-refractivity contribution in [2.75, 3.05) is 13.6 Å². The first-order valence-corrected chi connectivity index (χ1v) is 10.0. The summed E-state index contributed by atoms with van der Waals surface area (Å²) in [5.74, 6) is 0.590. The fourth-order valence-electron chi connectivity index (χ4n) is 2.77. The molecular weight excluding hydrogens is 372 g/mol. The van der Waals surface area contributed by atoms with E-state index in [1.165, 1.54) is 5.56 Å². The molecule has 1 amide bonds. The minimum atomic E-state index is -0.200.